The molecule has 0 atom stereocenters. The number of para-hydroxylation sites is 1. The largest absolute Gasteiger partial charge is 0.497 e. The van der Waals surface area contributed by atoms with Crippen LogP contribution in [-0.4, -0.2) is 38.1 Å². The average Bonchev–Trinajstić information content (AvgIpc) is 3.29. The van der Waals surface area contributed by atoms with Crippen molar-refractivity contribution in [3.63, 3.8) is 0 Å². The molecule has 1 saturated heterocycles. The van der Waals surface area contributed by atoms with E-state index in [1.807, 2.05) is 73.0 Å². The smallest absolute Gasteiger partial charge is 0.227 e. The van der Waals surface area contributed by atoms with Gasteiger partial charge in [0, 0.05) is 35.8 Å². The summed E-state index contributed by atoms with van der Waals surface area (Å²) in [6, 6.07) is 19.7. The van der Waals surface area contributed by atoms with Crippen LogP contribution in [0.5, 0.6) is 5.75 Å². The van der Waals surface area contributed by atoms with Crippen LogP contribution in [0.4, 0.5) is 5.69 Å². The SMILES string of the molecule is C=C(NC)c1ccc(OC)cc1.Cc1ccsc1CN1CCC(C(=O)Nc2ccccc2)CC1. The number of piperidine rings is 1. The number of hydrogen-bond acceptors (Lipinski definition) is 5. The third-order valence-corrected chi connectivity index (χ3v) is 7.08. The van der Waals surface area contributed by atoms with E-state index in [9.17, 15) is 4.79 Å². The summed E-state index contributed by atoms with van der Waals surface area (Å²) in [6.07, 6.45) is 1.90. The fourth-order valence-corrected chi connectivity index (χ4v) is 4.77. The molecule has 2 heterocycles. The molecule has 1 amide bonds. The number of methoxy groups -OCH3 is 1. The number of carbonyl (C=O) groups is 1. The van der Waals surface area contributed by atoms with Crippen molar-refractivity contribution in [1.29, 1.82) is 0 Å². The molecule has 1 aromatic heterocycles. The Morgan fingerprint density at radius 2 is 1.76 bits per heavy atom. The second-order valence-electron chi connectivity index (χ2n) is 8.39. The maximum Gasteiger partial charge on any atom is 0.227 e. The predicted molar refractivity (Wildman–Crippen MR) is 143 cm³/mol. The molecule has 1 aliphatic heterocycles. The Kier molecular flexibility index (Phi) is 9.74. The molecule has 3 aromatic rings. The lowest BCUT2D eigenvalue weighted by atomic mass is 9.95. The van der Waals surface area contributed by atoms with Gasteiger partial charge in [0.15, 0.2) is 0 Å². The summed E-state index contributed by atoms with van der Waals surface area (Å²) < 4.78 is 5.03. The molecule has 1 fully saturated rings. The van der Waals surface area contributed by atoms with Crippen molar-refractivity contribution in [3.05, 3.63) is 88.6 Å². The minimum absolute atomic E-state index is 0.140. The van der Waals surface area contributed by atoms with Crippen LogP contribution in [0.25, 0.3) is 5.70 Å². The van der Waals surface area contributed by atoms with Crippen molar-refractivity contribution in [2.24, 2.45) is 5.92 Å². The van der Waals surface area contributed by atoms with Crippen LogP contribution in [0.3, 0.4) is 0 Å². The Bertz CT molecular complexity index is 1040. The van der Waals surface area contributed by atoms with Gasteiger partial charge >= 0.3 is 0 Å². The van der Waals surface area contributed by atoms with Crippen LogP contribution in [0.15, 0.2) is 72.6 Å². The number of anilines is 1. The standard InChI is InChI=1S/C18H22N2OS.C10H13NO/c1-14-9-12-22-17(14)13-20-10-7-15(8-11-20)18(21)19-16-5-3-2-4-6-16;1-8(11-2)9-4-6-10(12-3)7-5-9/h2-6,9,12,15H,7-8,10-11,13H2,1H3,(H,19,21);4-7,11H,1H2,2-3H3. The van der Waals surface area contributed by atoms with Crippen LogP contribution in [0.1, 0.15) is 28.8 Å². The summed E-state index contributed by atoms with van der Waals surface area (Å²) >= 11 is 1.83. The topological polar surface area (TPSA) is 53.6 Å². The minimum atomic E-state index is 0.140. The molecule has 4 rings (SSSR count). The molecule has 2 aromatic carbocycles. The van der Waals surface area contributed by atoms with Gasteiger partial charge < -0.3 is 15.4 Å². The van der Waals surface area contributed by atoms with E-state index in [1.54, 1.807) is 7.11 Å². The number of ether oxygens (including phenoxy) is 1. The fourth-order valence-electron chi connectivity index (χ4n) is 3.82. The number of benzene rings is 2. The van der Waals surface area contributed by atoms with Gasteiger partial charge in [0.1, 0.15) is 5.75 Å². The molecule has 0 aliphatic carbocycles. The molecule has 6 heteroatoms. The zero-order valence-corrected chi connectivity index (χ0v) is 21.2. The third-order valence-electron chi connectivity index (χ3n) is 6.08. The van der Waals surface area contributed by atoms with Crippen LogP contribution in [0.2, 0.25) is 0 Å². The highest BCUT2D eigenvalue weighted by Gasteiger charge is 2.25. The lowest BCUT2D eigenvalue weighted by molar-refractivity contribution is -0.121. The van der Waals surface area contributed by atoms with Gasteiger partial charge in [-0.15, -0.1) is 11.3 Å². The van der Waals surface area contributed by atoms with Crippen molar-refractivity contribution < 1.29 is 9.53 Å². The number of thiophene rings is 1. The Labute approximate surface area is 207 Å². The normalized spacial score (nSPS) is 14.0. The number of amides is 1. The maximum absolute atomic E-state index is 12.3. The van der Waals surface area contributed by atoms with Gasteiger partial charge in [0.2, 0.25) is 5.91 Å². The number of nitrogens with one attached hydrogen (secondary N) is 2. The molecular formula is C28H35N3O2S. The number of aryl methyl sites for hydroxylation is 1. The van der Waals surface area contributed by atoms with E-state index in [1.165, 1.54) is 10.4 Å². The third kappa shape index (κ3) is 7.47. The Hall–Kier alpha value is -3.09. The first-order valence-corrected chi connectivity index (χ1v) is 12.5. The molecule has 0 bridgehead atoms. The molecular weight excluding hydrogens is 442 g/mol. The molecule has 0 unspecified atom stereocenters. The quantitative estimate of drug-likeness (QED) is 0.452. The van der Waals surface area contributed by atoms with Crippen LogP contribution >= 0.6 is 11.3 Å². The average molecular weight is 478 g/mol. The van der Waals surface area contributed by atoms with Crippen LogP contribution in [-0.2, 0) is 11.3 Å². The first kappa shape index (κ1) is 25.5. The highest BCUT2D eigenvalue weighted by atomic mass is 32.1. The van der Waals surface area contributed by atoms with Gasteiger partial charge in [0.25, 0.3) is 0 Å². The minimum Gasteiger partial charge on any atom is -0.497 e. The van der Waals surface area contributed by atoms with E-state index in [0.29, 0.717) is 0 Å². The molecule has 1 aliphatic rings. The van der Waals surface area contributed by atoms with Crippen LogP contribution < -0.4 is 15.4 Å². The van der Waals surface area contributed by atoms with Gasteiger partial charge in [-0.3, -0.25) is 9.69 Å². The number of hydrogen-bond donors (Lipinski definition) is 2. The van der Waals surface area contributed by atoms with E-state index < -0.39 is 0 Å². The van der Waals surface area contributed by atoms with Crippen molar-refractivity contribution >= 4 is 28.6 Å². The second kappa shape index (κ2) is 13.0. The molecule has 0 radical (unpaired) electrons. The summed E-state index contributed by atoms with van der Waals surface area (Å²) in [6.45, 7) is 9.05. The highest BCUT2D eigenvalue weighted by molar-refractivity contribution is 7.10. The fraction of sp³-hybridized carbons (Fsp3) is 0.321. The summed E-state index contributed by atoms with van der Waals surface area (Å²) in [4.78, 5) is 16.2. The molecule has 0 spiro atoms. The Morgan fingerprint density at radius 3 is 2.32 bits per heavy atom. The summed E-state index contributed by atoms with van der Waals surface area (Å²) in [5.74, 6) is 1.17. The van der Waals surface area contributed by atoms with Crippen molar-refractivity contribution in [3.8, 4) is 5.75 Å². The van der Waals surface area contributed by atoms with E-state index in [0.717, 1.165) is 55.2 Å². The lowest BCUT2D eigenvalue weighted by Gasteiger charge is -2.31. The van der Waals surface area contributed by atoms with E-state index in [-0.39, 0.29) is 11.8 Å². The molecule has 2 N–H and O–H groups in total. The predicted octanol–water partition coefficient (Wildman–Crippen LogP) is 5.79. The molecule has 34 heavy (non-hydrogen) atoms. The zero-order chi connectivity index (χ0) is 24.3. The Balaban J connectivity index is 0.000000229. The van der Waals surface area contributed by atoms with E-state index in [4.69, 9.17) is 4.74 Å². The highest BCUT2D eigenvalue weighted by Crippen LogP contribution is 2.24. The summed E-state index contributed by atoms with van der Waals surface area (Å²) in [7, 11) is 3.51. The number of nitrogens with zero attached hydrogens (tertiary/aromatic N) is 1. The van der Waals surface area contributed by atoms with Crippen molar-refractivity contribution in [1.82, 2.24) is 10.2 Å². The molecule has 5 nitrogen and oxygen atoms in total. The summed E-state index contributed by atoms with van der Waals surface area (Å²) in [5.41, 5.74) is 4.27. The second-order valence-corrected chi connectivity index (χ2v) is 9.39. The number of rotatable bonds is 7. The van der Waals surface area contributed by atoms with Crippen molar-refractivity contribution in [2.75, 3.05) is 32.6 Å². The molecule has 0 saturated carbocycles. The summed E-state index contributed by atoms with van der Waals surface area (Å²) in [5, 5.41) is 8.17. The number of carbonyl (C=O) groups excluding carboxylic acids is 1. The van der Waals surface area contributed by atoms with Crippen molar-refractivity contribution in [2.45, 2.75) is 26.3 Å². The van der Waals surface area contributed by atoms with Gasteiger partial charge in [-0.2, -0.15) is 0 Å². The van der Waals surface area contributed by atoms with Gasteiger partial charge in [-0.1, -0.05) is 24.8 Å². The lowest BCUT2D eigenvalue weighted by Crippen LogP contribution is -2.37. The van der Waals surface area contributed by atoms with E-state index >= 15 is 0 Å². The van der Waals surface area contributed by atoms with Gasteiger partial charge in [0.05, 0.1) is 7.11 Å². The Morgan fingerprint density at radius 1 is 1.09 bits per heavy atom. The maximum atomic E-state index is 12.3. The van der Waals surface area contributed by atoms with E-state index in [2.05, 4.69) is 40.5 Å². The van der Waals surface area contributed by atoms with Crippen LogP contribution in [0, 0.1) is 12.8 Å². The first-order chi connectivity index (χ1) is 16.5. The molecule has 180 valence electrons. The monoisotopic (exact) mass is 477 g/mol. The number of likely N-dealkylation sites (tertiary alicyclic amines) is 1. The zero-order valence-electron chi connectivity index (χ0n) is 20.3. The van der Waals surface area contributed by atoms with Gasteiger partial charge in [-0.25, -0.2) is 0 Å². The van der Waals surface area contributed by atoms with Gasteiger partial charge in [-0.05, 0) is 91.8 Å². The first-order valence-electron chi connectivity index (χ1n) is 11.6.